The number of thioether (sulfide) groups is 1. The van der Waals surface area contributed by atoms with Crippen molar-refractivity contribution < 1.29 is 4.79 Å². The Morgan fingerprint density at radius 2 is 1.96 bits per heavy atom. The highest BCUT2D eigenvalue weighted by atomic mass is 35.5. The van der Waals surface area contributed by atoms with Crippen LogP contribution in [-0.2, 0) is 4.79 Å². The molecule has 0 amide bonds. The average Bonchev–Trinajstić information content (AvgIpc) is 2.52. The summed E-state index contributed by atoms with van der Waals surface area (Å²) in [6, 6.07) is 9.75. The standard InChI is InChI=1S/C19H19ClN2OS/c1-19(2)8-14-17(15(23)9-19)16(11-4-6-12(20)7-5-11)13(10-21)18(22-14)24-3/h4-7,16,22H,8-9H2,1-3H3/t16-/m0/s1. The molecule has 0 saturated carbocycles. The molecule has 0 unspecified atom stereocenters. The second kappa shape index (κ2) is 6.31. The molecule has 0 fully saturated rings. The van der Waals surface area contributed by atoms with Gasteiger partial charge in [-0.2, -0.15) is 5.26 Å². The van der Waals surface area contributed by atoms with Crippen LogP contribution in [0.2, 0.25) is 5.02 Å². The van der Waals surface area contributed by atoms with Gasteiger partial charge in [-0.15, -0.1) is 11.8 Å². The zero-order valence-corrected chi connectivity index (χ0v) is 15.5. The Labute approximate surface area is 151 Å². The molecule has 2 aliphatic rings. The van der Waals surface area contributed by atoms with E-state index in [1.165, 1.54) is 11.8 Å². The molecular formula is C19H19ClN2OS. The van der Waals surface area contributed by atoms with E-state index in [1.807, 2.05) is 30.5 Å². The molecule has 0 aromatic heterocycles. The van der Waals surface area contributed by atoms with Gasteiger partial charge in [0.25, 0.3) is 0 Å². The summed E-state index contributed by atoms with van der Waals surface area (Å²) in [6.07, 6.45) is 3.26. The minimum atomic E-state index is -0.311. The van der Waals surface area contributed by atoms with Gasteiger partial charge in [0.05, 0.1) is 22.6 Å². The largest absolute Gasteiger partial charge is 0.352 e. The third-order valence-corrected chi connectivity index (χ3v) is 5.52. The predicted octanol–water partition coefficient (Wildman–Crippen LogP) is 4.77. The molecule has 1 aromatic carbocycles. The second-order valence-electron chi connectivity index (χ2n) is 7.00. The molecule has 1 aliphatic carbocycles. The van der Waals surface area contributed by atoms with E-state index in [9.17, 15) is 10.1 Å². The summed E-state index contributed by atoms with van der Waals surface area (Å²) < 4.78 is 0. The number of ketones is 1. The van der Waals surface area contributed by atoms with Crippen molar-refractivity contribution in [3.05, 3.63) is 56.7 Å². The molecule has 0 bridgehead atoms. The number of hydrogen-bond acceptors (Lipinski definition) is 4. The number of nitrogens with one attached hydrogen (secondary N) is 1. The van der Waals surface area contributed by atoms with Crippen molar-refractivity contribution in [2.75, 3.05) is 6.26 Å². The predicted molar refractivity (Wildman–Crippen MR) is 98.5 cm³/mol. The quantitative estimate of drug-likeness (QED) is 0.827. The lowest BCUT2D eigenvalue weighted by Crippen LogP contribution is -2.36. The molecule has 3 nitrogen and oxygen atoms in total. The van der Waals surface area contributed by atoms with Gasteiger partial charge in [0.1, 0.15) is 0 Å². The number of allylic oxidation sites excluding steroid dienone is 3. The van der Waals surface area contributed by atoms with Crippen LogP contribution < -0.4 is 5.32 Å². The Kier molecular flexibility index (Phi) is 4.50. The smallest absolute Gasteiger partial charge is 0.162 e. The molecule has 0 saturated heterocycles. The van der Waals surface area contributed by atoms with E-state index in [2.05, 4.69) is 25.2 Å². The van der Waals surface area contributed by atoms with Gasteiger partial charge in [-0.05, 0) is 35.8 Å². The second-order valence-corrected chi connectivity index (χ2v) is 8.25. The molecule has 24 heavy (non-hydrogen) atoms. The number of Topliss-reactive ketones (excluding diaryl/α,β-unsaturated/α-hetero) is 1. The number of carbonyl (C=O) groups is 1. The van der Waals surface area contributed by atoms with Crippen LogP contribution in [0.5, 0.6) is 0 Å². The molecule has 1 aliphatic heterocycles. The topological polar surface area (TPSA) is 52.9 Å². The Morgan fingerprint density at radius 1 is 1.29 bits per heavy atom. The van der Waals surface area contributed by atoms with Gasteiger partial charge in [-0.3, -0.25) is 4.79 Å². The van der Waals surface area contributed by atoms with E-state index in [0.29, 0.717) is 17.0 Å². The number of dihydropyridines is 1. The molecule has 0 spiro atoms. The zero-order chi connectivity index (χ0) is 17.5. The summed E-state index contributed by atoms with van der Waals surface area (Å²) in [5.41, 5.74) is 3.17. The van der Waals surface area contributed by atoms with Gasteiger partial charge >= 0.3 is 0 Å². The van der Waals surface area contributed by atoms with Gasteiger partial charge < -0.3 is 5.32 Å². The third-order valence-electron chi connectivity index (χ3n) is 4.53. The van der Waals surface area contributed by atoms with Crippen LogP contribution in [0.25, 0.3) is 0 Å². The monoisotopic (exact) mass is 358 g/mol. The van der Waals surface area contributed by atoms with Crippen LogP contribution >= 0.6 is 23.4 Å². The molecule has 1 atom stereocenters. The Balaban J connectivity index is 2.19. The van der Waals surface area contributed by atoms with Gasteiger partial charge in [-0.25, -0.2) is 0 Å². The Bertz CT molecular complexity index is 800. The first kappa shape index (κ1) is 17.1. The number of hydrogen-bond donors (Lipinski definition) is 1. The first-order valence-electron chi connectivity index (χ1n) is 7.83. The Hall–Kier alpha value is -1.70. The van der Waals surface area contributed by atoms with Gasteiger partial charge in [0, 0.05) is 22.7 Å². The SMILES string of the molecule is CSC1=C(C#N)[C@H](c2ccc(Cl)cc2)C2=C(CC(C)(C)CC2=O)N1. The number of nitrogens with zero attached hydrogens (tertiary/aromatic N) is 1. The van der Waals surface area contributed by atoms with Crippen molar-refractivity contribution in [3.8, 4) is 6.07 Å². The maximum atomic E-state index is 12.9. The van der Waals surface area contributed by atoms with Crippen LogP contribution in [-0.4, -0.2) is 12.0 Å². The fraction of sp³-hybridized carbons (Fsp3) is 0.368. The van der Waals surface area contributed by atoms with Crippen molar-refractivity contribution in [1.82, 2.24) is 5.32 Å². The van der Waals surface area contributed by atoms with E-state index < -0.39 is 0 Å². The van der Waals surface area contributed by atoms with Crippen LogP contribution in [0.15, 0.2) is 46.1 Å². The maximum absolute atomic E-state index is 12.9. The highest BCUT2D eigenvalue weighted by Crippen LogP contribution is 2.47. The number of carbonyl (C=O) groups excluding carboxylic acids is 1. The van der Waals surface area contributed by atoms with Gasteiger partial charge in [0.15, 0.2) is 5.78 Å². The molecular weight excluding hydrogens is 340 g/mol. The highest BCUT2D eigenvalue weighted by Gasteiger charge is 2.41. The van der Waals surface area contributed by atoms with Crippen molar-refractivity contribution in [2.24, 2.45) is 5.41 Å². The summed E-state index contributed by atoms with van der Waals surface area (Å²) >= 11 is 7.52. The lowest BCUT2D eigenvalue weighted by atomic mass is 9.69. The minimum absolute atomic E-state index is 0.0683. The minimum Gasteiger partial charge on any atom is -0.352 e. The van der Waals surface area contributed by atoms with E-state index in [-0.39, 0.29) is 17.1 Å². The summed E-state index contributed by atoms with van der Waals surface area (Å²) in [4.78, 5) is 12.9. The van der Waals surface area contributed by atoms with Crippen LogP contribution in [0.3, 0.4) is 0 Å². The van der Waals surface area contributed by atoms with Crippen molar-refractivity contribution in [2.45, 2.75) is 32.6 Å². The molecule has 0 radical (unpaired) electrons. The molecule has 3 rings (SSSR count). The summed E-state index contributed by atoms with van der Waals surface area (Å²) in [6.45, 7) is 4.21. The molecule has 5 heteroatoms. The lowest BCUT2D eigenvalue weighted by molar-refractivity contribution is -0.118. The summed E-state index contributed by atoms with van der Waals surface area (Å²) in [5.74, 6) is -0.184. The van der Waals surface area contributed by atoms with Crippen molar-refractivity contribution in [1.29, 1.82) is 5.26 Å². The first-order chi connectivity index (χ1) is 11.4. The van der Waals surface area contributed by atoms with E-state index in [1.54, 1.807) is 0 Å². The zero-order valence-electron chi connectivity index (χ0n) is 13.9. The molecule has 1 N–H and O–H groups in total. The van der Waals surface area contributed by atoms with Gasteiger partial charge in [-0.1, -0.05) is 37.6 Å². The van der Waals surface area contributed by atoms with Crippen LogP contribution in [0.4, 0.5) is 0 Å². The van der Waals surface area contributed by atoms with Crippen LogP contribution in [0, 0.1) is 16.7 Å². The van der Waals surface area contributed by atoms with E-state index >= 15 is 0 Å². The fourth-order valence-corrected chi connectivity index (χ4v) is 4.26. The van der Waals surface area contributed by atoms with Crippen molar-refractivity contribution in [3.63, 3.8) is 0 Å². The Morgan fingerprint density at radius 3 is 2.54 bits per heavy atom. The molecule has 1 heterocycles. The number of halogens is 1. The van der Waals surface area contributed by atoms with E-state index in [4.69, 9.17) is 11.6 Å². The summed E-state index contributed by atoms with van der Waals surface area (Å²) in [5, 5.41) is 14.6. The van der Waals surface area contributed by atoms with Crippen LogP contribution in [0.1, 0.15) is 38.2 Å². The lowest BCUT2D eigenvalue weighted by Gasteiger charge is -2.38. The molecule has 1 aromatic rings. The maximum Gasteiger partial charge on any atom is 0.162 e. The number of rotatable bonds is 2. The van der Waals surface area contributed by atoms with E-state index in [0.717, 1.165) is 28.3 Å². The normalized spacial score (nSPS) is 22.8. The molecule has 124 valence electrons. The van der Waals surface area contributed by atoms with Gasteiger partial charge in [0.2, 0.25) is 0 Å². The first-order valence-corrected chi connectivity index (χ1v) is 9.43. The average molecular weight is 359 g/mol. The highest BCUT2D eigenvalue weighted by molar-refractivity contribution is 8.02. The van der Waals surface area contributed by atoms with Crippen molar-refractivity contribution >= 4 is 29.1 Å². The summed E-state index contributed by atoms with van der Waals surface area (Å²) in [7, 11) is 0. The fourth-order valence-electron chi connectivity index (χ4n) is 3.53. The number of benzene rings is 1. The number of nitriles is 1. The third kappa shape index (κ3) is 2.99.